The Labute approximate surface area is 156 Å². The van der Waals surface area contributed by atoms with Gasteiger partial charge in [-0.2, -0.15) is 9.61 Å². The van der Waals surface area contributed by atoms with Crippen LogP contribution in [0.5, 0.6) is 0 Å². The average Bonchev–Trinajstić information content (AvgIpc) is 3.30. The third-order valence-corrected chi connectivity index (χ3v) is 5.86. The molecule has 0 saturated carbocycles. The van der Waals surface area contributed by atoms with E-state index in [9.17, 15) is 4.79 Å². The Kier molecular flexibility index (Phi) is 4.00. The lowest BCUT2D eigenvalue weighted by molar-refractivity contribution is 0.197. The maximum atomic E-state index is 12.2. The molecule has 3 aromatic heterocycles. The van der Waals surface area contributed by atoms with Crippen molar-refractivity contribution in [2.45, 2.75) is 44.6 Å². The first kappa shape index (κ1) is 16.6. The number of likely N-dealkylation sites (tertiary alicyclic amines) is 1. The quantitative estimate of drug-likeness (QED) is 0.691. The van der Waals surface area contributed by atoms with Crippen molar-refractivity contribution in [3.05, 3.63) is 51.6 Å². The Hall–Kier alpha value is -2.61. The monoisotopic (exact) mass is 365 g/mol. The highest BCUT2D eigenvalue weighted by atomic mass is 16.1. The Morgan fingerprint density at radius 1 is 1.19 bits per heavy atom. The largest absolute Gasteiger partial charge is 0.315 e. The van der Waals surface area contributed by atoms with E-state index in [0.29, 0.717) is 18.2 Å². The minimum Gasteiger partial charge on any atom is -0.315 e. The van der Waals surface area contributed by atoms with Crippen LogP contribution in [0.3, 0.4) is 0 Å². The second kappa shape index (κ2) is 6.53. The second-order valence-electron chi connectivity index (χ2n) is 7.64. The van der Waals surface area contributed by atoms with Gasteiger partial charge in [-0.25, -0.2) is 0 Å². The van der Waals surface area contributed by atoms with Crippen molar-refractivity contribution >= 4 is 5.65 Å². The van der Waals surface area contributed by atoms with E-state index in [1.165, 1.54) is 17.7 Å². The van der Waals surface area contributed by atoms with Crippen LogP contribution >= 0.6 is 0 Å². The summed E-state index contributed by atoms with van der Waals surface area (Å²) < 4.78 is 3.54. The number of aryl methyl sites for hydroxylation is 3. The molecule has 1 aliphatic carbocycles. The maximum Gasteiger partial charge on any atom is 0.273 e. The lowest BCUT2D eigenvalue weighted by Gasteiger charge is -2.30. The minimum absolute atomic E-state index is 0.0128. The molecule has 0 radical (unpaired) electrons. The summed E-state index contributed by atoms with van der Waals surface area (Å²) in [5.41, 5.74) is 4.00. The van der Waals surface area contributed by atoms with Gasteiger partial charge in [0.05, 0.1) is 5.69 Å². The van der Waals surface area contributed by atoms with Crippen LogP contribution < -0.4 is 5.56 Å². The van der Waals surface area contributed by atoms with E-state index in [4.69, 9.17) is 5.10 Å². The Morgan fingerprint density at radius 3 is 2.89 bits per heavy atom. The van der Waals surface area contributed by atoms with Crippen LogP contribution in [-0.4, -0.2) is 47.4 Å². The van der Waals surface area contributed by atoms with Gasteiger partial charge in [-0.1, -0.05) is 0 Å². The number of hydrogen-bond donors (Lipinski definition) is 0. The average molecular weight is 365 g/mol. The Bertz CT molecular complexity index is 1050. The van der Waals surface area contributed by atoms with Crippen molar-refractivity contribution in [3.8, 4) is 0 Å². The van der Waals surface area contributed by atoms with Gasteiger partial charge in [-0.05, 0) is 56.8 Å². The van der Waals surface area contributed by atoms with Crippen molar-refractivity contribution in [2.24, 2.45) is 7.05 Å². The van der Waals surface area contributed by atoms with Crippen molar-refractivity contribution < 1.29 is 0 Å². The molecule has 8 heteroatoms. The van der Waals surface area contributed by atoms with Gasteiger partial charge in [0.25, 0.3) is 5.56 Å². The molecule has 0 unspecified atom stereocenters. The van der Waals surface area contributed by atoms with Crippen LogP contribution in [0.15, 0.2) is 23.3 Å². The zero-order valence-electron chi connectivity index (χ0n) is 15.5. The lowest BCUT2D eigenvalue weighted by Crippen LogP contribution is -2.36. The molecular formula is C19H23N7O. The third kappa shape index (κ3) is 2.93. The first-order valence-electron chi connectivity index (χ1n) is 9.66. The van der Waals surface area contributed by atoms with Gasteiger partial charge in [0.2, 0.25) is 0 Å². The summed E-state index contributed by atoms with van der Waals surface area (Å²) in [5.74, 6) is 1.34. The highest BCUT2D eigenvalue weighted by Crippen LogP contribution is 2.28. The maximum absolute atomic E-state index is 12.2. The van der Waals surface area contributed by atoms with E-state index in [2.05, 4.69) is 26.1 Å². The molecule has 0 bridgehead atoms. The first-order valence-corrected chi connectivity index (χ1v) is 9.66. The summed E-state index contributed by atoms with van der Waals surface area (Å²) in [5, 5.41) is 13.6. The molecule has 8 nitrogen and oxygen atoms in total. The summed E-state index contributed by atoms with van der Waals surface area (Å²) in [7, 11) is 1.76. The molecule has 27 heavy (non-hydrogen) atoms. The summed E-state index contributed by atoms with van der Waals surface area (Å²) in [6.07, 6.45) is 8.71. The zero-order chi connectivity index (χ0) is 18.4. The van der Waals surface area contributed by atoms with Gasteiger partial charge in [-0.3, -0.25) is 14.7 Å². The topological polar surface area (TPSA) is 81.2 Å². The summed E-state index contributed by atoms with van der Waals surface area (Å²) in [6, 6.07) is 2.15. The van der Waals surface area contributed by atoms with Crippen LogP contribution in [0.25, 0.3) is 5.65 Å². The smallest absolute Gasteiger partial charge is 0.273 e. The standard InChI is InChI=1S/C19H23N7O/c1-24-10-7-20-16(19(24)27)12-25-8-5-13(6-9-25)18-22-21-17-11-14-3-2-4-15(14)23-26(17)18/h7,10-11,13H,2-6,8-9,12H2,1H3. The minimum atomic E-state index is -0.0128. The van der Waals surface area contributed by atoms with E-state index in [0.717, 1.165) is 50.2 Å². The van der Waals surface area contributed by atoms with Crippen molar-refractivity contribution in [1.29, 1.82) is 0 Å². The molecule has 4 heterocycles. The summed E-state index contributed by atoms with van der Waals surface area (Å²) in [6.45, 7) is 2.45. The van der Waals surface area contributed by atoms with Crippen LogP contribution in [0.2, 0.25) is 0 Å². The van der Waals surface area contributed by atoms with Gasteiger partial charge in [0, 0.05) is 31.9 Å². The van der Waals surface area contributed by atoms with Crippen LogP contribution in [-0.2, 0) is 26.4 Å². The Balaban J connectivity index is 1.31. The van der Waals surface area contributed by atoms with E-state index >= 15 is 0 Å². The fourth-order valence-electron chi connectivity index (χ4n) is 4.27. The zero-order valence-corrected chi connectivity index (χ0v) is 15.5. The molecule has 0 N–H and O–H groups in total. The fourth-order valence-corrected chi connectivity index (χ4v) is 4.27. The number of nitrogens with zero attached hydrogens (tertiary/aromatic N) is 7. The van der Waals surface area contributed by atoms with Crippen LogP contribution in [0, 0.1) is 0 Å². The molecule has 1 saturated heterocycles. The van der Waals surface area contributed by atoms with Crippen molar-refractivity contribution in [1.82, 2.24) is 34.3 Å². The van der Waals surface area contributed by atoms with Gasteiger partial charge < -0.3 is 4.57 Å². The van der Waals surface area contributed by atoms with Gasteiger partial charge in [0.1, 0.15) is 5.69 Å². The number of rotatable bonds is 3. The Morgan fingerprint density at radius 2 is 2.04 bits per heavy atom. The summed E-state index contributed by atoms with van der Waals surface area (Å²) >= 11 is 0. The van der Waals surface area contributed by atoms with E-state index in [1.54, 1.807) is 24.0 Å². The van der Waals surface area contributed by atoms with Gasteiger partial charge in [-0.15, -0.1) is 10.2 Å². The molecule has 5 rings (SSSR count). The summed E-state index contributed by atoms with van der Waals surface area (Å²) in [4.78, 5) is 18.7. The van der Waals surface area contributed by atoms with E-state index in [1.807, 2.05) is 4.52 Å². The highest BCUT2D eigenvalue weighted by Gasteiger charge is 2.26. The van der Waals surface area contributed by atoms with Gasteiger partial charge in [0.15, 0.2) is 11.5 Å². The molecule has 2 aliphatic rings. The highest BCUT2D eigenvalue weighted by molar-refractivity contribution is 5.43. The fraction of sp³-hybridized carbons (Fsp3) is 0.526. The predicted molar refractivity (Wildman–Crippen MR) is 99.5 cm³/mol. The van der Waals surface area contributed by atoms with Crippen molar-refractivity contribution in [3.63, 3.8) is 0 Å². The molecular weight excluding hydrogens is 342 g/mol. The molecule has 0 spiro atoms. The number of fused-ring (bicyclic) bond motifs is 2. The van der Waals surface area contributed by atoms with Crippen LogP contribution in [0.4, 0.5) is 0 Å². The third-order valence-electron chi connectivity index (χ3n) is 5.86. The van der Waals surface area contributed by atoms with Crippen LogP contribution in [0.1, 0.15) is 48.0 Å². The SMILES string of the molecule is Cn1ccnc(CN2CCC(c3nnc4cc5c(nn34)CCC5)CC2)c1=O. The molecule has 0 amide bonds. The molecule has 3 aromatic rings. The lowest BCUT2D eigenvalue weighted by atomic mass is 9.96. The number of aromatic nitrogens is 6. The molecule has 1 aliphatic heterocycles. The van der Waals surface area contributed by atoms with Gasteiger partial charge >= 0.3 is 0 Å². The van der Waals surface area contributed by atoms with E-state index < -0.39 is 0 Å². The normalized spacial score (nSPS) is 18.3. The van der Waals surface area contributed by atoms with Crippen molar-refractivity contribution in [2.75, 3.05) is 13.1 Å². The molecule has 140 valence electrons. The molecule has 0 aromatic carbocycles. The first-order chi connectivity index (χ1) is 13.2. The molecule has 1 fully saturated rings. The predicted octanol–water partition coefficient (Wildman–Crippen LogP) is 1.09. The second-order valence-corrected chi connectivity index (χ2v) is 7.64. The molecule has 0 atom stereocenters. The van der Waals surface area contributed by atoms with E-state index in [-0.39, 0.29) is 5.56 Å². The number of piperidine rings is 1. The number of hydrogen-bond acceptors (Lipinski definition) is 6.